The molecule has 5 N–H and O–H groups in total. The van der Waals surface area contributed by atoms with Crippen molar-refractivity contribution >= 4 is 17.7 Å². The van der Waals surface area contributed by atoms with E-state index in [2.05, 4.69) is 37.2 Å². The zero-order valence-electron chi connectivity index (χ0n) is 25.0. The number of hydrogen-bond donors (Lipinski definition) is 5. The van der Waals surface area contributed by atoms with Gasteiger partial charge in [0.15, 0.2) is 0 Å². The number of nitrogens with zero attached hydrogens (tertiary/aromatic N) is 3. The van der Waals surface area contributed by atoms with Crippen molar-refractivity contribution in [1.29, 1.82) is 5.26 Å². The first-order valence-corrected chi connectivity index (χ1v) is 15.0. The molecule has 4 atom stereocenters. The third kappa shape index (κ3) is 4.97. The molecule has 1 aromatic heterocycles. The number of carbonyl (C=O) groups is 3. The van der Waals surface area contributed by atoms with Gasteiger partial charge in [0.25, 0.3) is 11.8 Å². The van der Waals surface area contributed by atoms with E-state index < -0.39 is 11.1 Å². The summed E-state index contributed by atoms with van der Waals surface area (Å²) in [6, 6.07) is 12.9. The SMILES string of the molecule is CNC(=O)c1ccc2c(c1)CCc1cc(C(=O)NC)ccc1C2(C[C@H](C)NCC(=O)N1C(C#N)C[C@@H]2C[C@@H]21)c1n[nH]c(=O)[nH]1. The molecule has 0 bridgehead atoms. The number of hydrogen-bond acceptors (Lipinski definition) is 7. The monoisotopic (exact) mass is 596 g/mol. The van der Waals surface area contributed by atoms with Gasteiger partial charge in [0.2, 0.25) is 5.91 Å². The number of likely N-dealkylation sites (tertiary alicyclic amines) is 1. The van der Waals surface area contributed by atoms with Crippen molar-refractivity contribution in [2.45, 2.75) is 62.6 Å². The number of nitrogens with one attached hydrogen (secondary N) is 5. The fourth-order valence-electron chi connectivity index (χ4n) is 7.28. The Balaban J connectivity index is 1.43. The molecule has 1 saturated carbocycles. The van der Waals surface area contributed by atoms with Crippen molar-refractivity contribution in [3.8, 4) is 6.07 Å². The van der Waals surface area contributed by atoms with Crippen LogP contribution in [0.5, 0.6) is 0 Å². The van der Waals surface area contributed by atoms with Gasteiger partial charge in [-0.25, -0.2) is 9.89 Å². The van der Waals surface area contributed by atoms with Gasteiger partial charge < -0.3 is 20.9 Å². The lowest BCUT2D eigenvalue weighted by molar-refractivity contribution is -0.131. The van der Waals surface area contributed by atoms with Gasteiger partial charge in [-0.15, -0.1) is 0 Å². The molecule has 6 rings (SSSR count). The molecule has 1 aliphatic heterocycles. The molecule has 2 aromatic carbocycles. The summed E-state index contributed by atoms with van der Waals surface area (Å²) in [6.07, 6.45) is 3.27. The van der Waals surface area contributed by atoms with E-state index >= 15 is 0 Å². The average Bonchev–Trinajstić information content (AvgIpc) is 3.53. The number of fused-ring (bicyclic) bond motifs is 3. The van der Waals surface area contributed by atoms with E-state index in [0.29, 0.717) is 42.1 Å². The number of aromatic amines is 2. The molecule has 3 aromatic rings. The number of H-pyrrole nitrogens is 2. The van der Waals surface area contributed by atoms with E-state index in [1.165, 1.54) is 0 Å². The summed E-state index contributed by atoms with van der Waals surface area (Å²) in [5.41, 5.74) is 3.17. The minimum absolute atomic E-state index is 0.0701. The Morgan fingerprint density at radius 3 is 2.18 bits per heavy atom. The van der Waals surface area contributed by atoms with Crippen LogP contribution in [0.1, 0.15) is 75.0 Å². The summed E-state index contributed by atoms with van der Waals surface area (Å²) in [4.78, 5) is 55.7. The highest BCUT2D eigenvalue weighted by molar-refractivity contribution is 5.95. The highest BCUT2D eigenvalue weighted by Crippen LogP contribution is 2.48. The maximum atomic E-state index is 13.3. The molecule has 3 aliphatic rings. The largest absolute Gasteiger partial charge is 0.355 e. The first kappa shape index (κ1) is 29.3. The van der Waals surface area contributed by atoms with E-state index in [4.69, 9.17) is 0 Å². The van der Waals surface area contributed by atoms with Crippen molar-refractivity contribution in [1.82, 2.24) is 36.0 Å². The topological polar surface area (TPSA) is 176 Å². The van der Waals surface area contributed by atoms with Gasteiger partial charge in [-0.05, 0) is 91.5 Å². The molecular weight excluding hydrogens is 560 g/mol. The van der Waals surface area contributed by atoms with Crippen LogP contribution in [0.4, 0.5) is 0 Å². The number of nitriles is 1. The van der Waals surface area contributed by atoms with Gasteiger partial charge >= 0.3 is 5.69 Å². The van der Waals surface area contributed by atoms with Crippen molar-refractivity contribution < 1.29 is 14.4 Å². The summed E-state index contributed by atoms with van der Waals surface area (Å²) in [6.45, 7) is 2.05. The predicted octanol–water partition coefficient (Wildman–Crippen LogP) is 1.13. The van der Waals surface area contributed by atoms with E-state index in [0.717, 1.165) is 35.1 Å². The fourth-order valence-corrected chi connectivity index (χ4v) is 7.28. The van der Waals surface area contributed by atoms with Gasteiger partial charge in [0.05, 0.1) is 18.0 Å². The van der Waals surface area contributed by atoms with Crippen LogP contribution in [-0.4, -0.2) is 76.6 Å². The van der Waals surface area contributed by atoms with Crippen LogP contribution in [0.15, 0.2) is 41.2 Å². The molecule has 12 heteroatoms. The lowest BCUT2D eigenvalue weighted by atomic mass is 9.67. The number of aryl methyl sites for hydroxylation is 2. The van der Waals surface area contributed by atoms with Crippen LogP contribution in [0.3, 0.4) is 0 Å². The van der Waals surface area contributed by atoms with Crippen LogP contribution < -0.4 is 21.6 Å². The van der Waals surface area contributed by atoms with E-state index in [9.17, 15) is 24.4 Å². The second-order valence-electron chi connectivity index (χ2n) is 12.1. The zero-order chi connectivity index (χ0) is 31.2. The summed E-state index contributed by atoms with van der Waals surface area (Å²) < 4.78 is 0. The Kier molecular flexibility index (Phi) is 7.59. The molecule has 2 heterocycles. The van der Waals surface area contributed by atoms with Crippen LogP contribution in [0.25, 0.3) is 0 Å². The molecule has 1 unspecified atom stereocenters. The number of amides is 3. The lowest BCUT2D eigenvalue weighted by Crippen LogP contribution is -2.46. The van der Waals surface area contributed by atoms with Crippen molar-refractivity contribution in [2.75, 3.05) is 20.6 Å². The first-order chi connectivity index (χ1) is 21.2. The second-order valence-corrected chi connectivity index (χ2v) is 12.1. The highest BCUT2D eigenvalue weighted by atomic mass is 16.2. The van der Waals surface area contributed by atoms with Crippen molar-refractivity contribution in [3.05, 3.63) is 86.1 Å². The Morgan fingerprint density at radius 1 is 1.05 bits per heavy atom. The third-order valence-corrected chi connectivity index (χ3v) is 9.43. The summed E-state index contributed by atoms with van der Waals surface area (Å²) >= 11 is 0. The zero-order valence-corrected chi connectivity index (χ0v) is 25.0. The number of benzene rings is 2. The molecular formula is C32H36N8O4. The molecule has 2 fully saturated rings. The molecule has 44 heavy (non-hydrogen) atoms. The number of aromatic nitrogens is 3. The Labute approximate surface area is 254 Å². The van der Waals surface area contributed by atoms with Crippen molar-refractivity contribution in [3.63, 3.8) is 0 Å². The Bertz CT molecular complexity index is 1670. The molecule has 1 saturated heterocycles. The Morgan fingerprint density at radius 2 is 1.66 bits per heavy atom. The van der Waals surface area contributed by atoms with Gasteiger partial charge in [-0.2, -0.15) is 10.4 Å². The van der Waals surface area contributed by atoms with Gasteiger partial charge in [0, 0.05) is 37.3 Å². The fraction of sp³-hybridized carbons (Fsp3) is 0.438. The molecule has 228 valence electrons. The summed E-state index contributed by atoms with van der Waals surface area (Å²) in [7, 11) is 3.17. The summed E-state index contributed by atoms with van der Waals surface area (Å²) in [5, 5.41) is 25.3. The highest BCUT2D eigenvalue weighted by Gasteiger charge is 2.54. The minimum Gasteiger partial charge on any atom is -0.355 e. The average molecular weight is 597 g/mol. The first-order valence-electron chi connectivity index (χ1n) is 15.0. The van der Waals surface area contributed by atoms with Crippen LogP contribution in [-0.2, 0) is 23.1 Å². The number of piperidine rings is 1. The lowest BCUT2D eigenvalue weighted by Gasteiger charge is -2.37. The van der Waals surface area contributed by atoms with Crippen molar-refractivity contribution in [2.24, 2.45) is 5.92 Å². The van der Waals surface area contributed by atoms with E-state index in [1.54, 1.807) is 31.1 Å². The van der Waals surface area contributed by atoms with Gasteiger partial charge in [0.1, 0.15) is 11.9 Å². The molecule has 12 nitrogen and oxygen atoms in total. The third-order valence-electron chi connectivity index (χ3n) is 9.43. The maximum Gasteiger partial charge on any atom is 0.340 e. The van der Waals surface area contributed by atoms with Crippen LogP contribution in [0, 0.1) is 17.2 Å². The standard InChI is InChI=1S/C32H36N8O4/c1-17(36-16-27(41)40-23(15-33)12-22-13-26(22)40)14-32(30-37-31(44)39-38-30)24-8-6-20(28(42)34-2)10-18(24)4-5-19-11-21(29(43)35-3)7-9-25(19)32/h6-11,17,22-23,26,36H,4-5,12-14,16H2,1-3H3,(H,34,42)(H,35,43)(H2,37,38,39,44)/t17-,22+,23?,26-/m0/s1. The maximum absolute atomic E-state index is 13.3. The minimum atomic E-state index is -0.997. The summed E-state index contributed by atoms with van der Waals surface area (Å²) in [5.74, 6) is 0.317. The van der Waals surface area contributed by atoms with Gasteiger partial charge in [-0.3, -0.25) is 19.4 Å². The predicted molar refractivity (Wildman–Crippen MR) is 161 cm³/mol. The van der Waals surface area contributed by atoms with Crippen LogP contribution in [0.2, 0.25) is 0 Å². The van der Waals surface area contributed by atoms with Crippen LogP contribution >= 0.6 is 0 Å². The molecule has 0 radical (unpaired) electrons. The van der Waals surface area contributed by atoms with E-state index in [1.807, 2.05) is 31.2 Å². The second kappa shape index (κ2) is 11.4. The molecule has 0 spiro atoms. The van der Waals surface area contributed by atoms with E-state index in [-0.39, 0.29) is 42.4 Å². The Hall–Kier alpha value is -4.76. The molecule has 2 aliphatic carbocycles. The smallest absolute Gasteiger partial charge is 0.340 e. The normalized spacial score (nSPS) is 21.6. The molecule has 3 amide bonds. The number of rotatable bonds is 8. The number of carbonyl (C=O) groups excluding carboxylic acids is 3. The van der Waals surface area contributed by atoms with Gasteiger partial charge in [-0.1, -0.05) is 12.1 Å². The quantitative estimate of drug-likeness (QED) is 0.259.